The first-order valence-electron chi connectivity index (χ1n) is 11.3. The van der Waals surface area contributed by atoms with Crippen LogP contribution in [0.2, 0.25) is 0 Å². The van der Waals surface area contributed by atoms with Crippen molar-refractivity contribution in [1.82, 2.24) is 0 Å². The molecule has 7 rings (SSSR count). The number of allylic oxidation sites excluding steroid dienone is 1. The maximum Gasteiger partial charge on any atom is 0.155 e. The van der Waals surface area contributed by atoms with E-state index in [-0.39, 0.29) is 0 Å². The Hall–Kier alpha value is -4.30. The first-order chi connectivity index (χ1) is 16.4. The predicted octanol–water partition coefficient (Wildman–Crippen LogP) is 8.65. The third-order valence-electron chi connectivity index (χ3n) is 6.62. The monoisotopic (exact) mass is 423 g/mol. The van der Waals surface area contributed by atoms with Crippen LogP contribution in [0.3, 0.4) is 0 Å². The van der Waals surface area contributed by atoms with Crippen LogP contribution in [0, 0.1) is 0 Å². The average Bonchev–Trinajstić information content (AvgIpc) is 2.89. The first kappa shape index (κ1) is 18.3. The van der Waals surface area contributed by atoms with Gasteiger partial charge in [0.25, 0.3) is 0 Å². The van der Waals surface area contributed by atoms with Gasteiger partial charge in [-0.25, -0.2) is 0 Å². The Bertz CT molecular complexity index is 1550. The molecule has 5 aromatic rings. The van der Waals surface area contributed by atoms with Crippen molar-refractivity contribution in [2.45, 2.75) is 6.42 Å². The Labute approximate surface area is 193 Å². The number of nitrogens with zero attached hydrogens (tertiary/aromatic N) is 1. The summed E-state index contributed by atoms with van der Waals surface area (Å²) in [4.78, 5) is 2.34. The van der Waals surface area contributed by atoms with Crippen molar-refractivity contribution in [3.8, 4) is 22.6 Å². The molecule has 0 saturated heterocycles. The average molecular weight is 424 g/mol. The molecular formula is C31H21NO. The fourth-order valence-electron chi connectivity index (χ4n) is 5.14. The number of benzene rings is 5. The molecule has 0 amide bonds. The zero-order valence-corrected chi connectivity index (χ0v) is 18.0. The molecule has 1 aliphatic heterocycles. The van der Waals surface area contributed by atoms with Gasteiger partial charge in [0, 0.05) is 11.3 Å². The molecule has 2 heteroatoms. The smallest absolute Gasteiger partial charge is 0.155 e. The molecule has 33 heavy (non-hydrogen) atoms. The lowest BCUT2D eigenvalue weighted by Gasteiger charge is -2.35. The second-order valence-corrected chi connectivity index (χ2v) is 8.58. The molecule has 1 heterocycles. The highest BCUT2D eigenvalue weighted by Crippen LogP contribution is 2.54. The molecule has 0 unspecified atom stereocenters. The minimum absolute atomic E-state index is 0.868. The normalized spacial score (nSPS) is 13.4. The van der Waals surface area contributed by atoms with Gasteiger partial charge in [0.15, 0.2) is 11.5 Å². The van der Waals surface area contributed by atoms with E-state index >= 15 is 0 Å². The Morgan fingerprint density at radius 3 is 2.33 bits per heavy atom. The number of hydrogen-bond acceptors (Lipinski definition) is 2. The maximum absolute atomic E-state index is 6.73. The van der Waals surface area contributed by atoms with Crippen LogP contribution in [0.15, 0.2) is 109 Å². The molecule has 0 fully saturated rings. The van der Waals surface area contributed by atoms with Gasteiger partial charge in [0.2, 0.25) is 0 Å². The maximum atomic E-state index is 6.73. The van der Waals surface area contributed by atoms with E-state index in [2.05, 4.69) is 114 Å². The van der Waals surface area contributed by atoms with E-state index in [0.717, 1.165) is 40.5 Å². The van der Waals surface area contributed by atoms with Gasteiger partial charge in [-0.1, -0.05) is 84.9 Å². The second kappa shape index (κ2) is 7.11. The zero-order valence-electron chi connectivity index (χ0n) is 18.0. The summed E-state index contributed by atoms with van der Waals surface area (Å²) in [5, 5.41) is 2.55. The van der Waals surface area contributed by atoms with Gasteiger partial charge in [-0.2, -0.15) is 0 Å². The molecule has 156 valence electrons. The van der Waals surface area contributed by atoms with E-state index in [1.165, 1.54) is 27.5 Å². The van der Waals surface area contributed by atoms with Crippen LogP contribution in [0.25, 0.3) is 28.0 Å². The minimum Gasteiger partial charge on any atom is -0.453 e. The van der Waals surface area contributed by atoms with Crippen molar-refractivity contribution in [2.24, 2.45) is 0 Å². The van der Waals surface area contributed by atoms with Crippen LogP contribution < -0.4 is 9.64 Å². The molecule has 0 spiro atoms. The predicted molar refractivity (Wildman–Crippen MR) is 137 cm³/mol. The van der Waals surface area contributed by atoms with Crippen LogP contribution >= 0.6 is 0 Å². The van der Waals surface area contributed by atoms with Crippen molar-refractivity contribution in [3.05, 3.63) is 120 Å². The highest BCUT2D eigenvalue weighted by molar-refractivity contribution is 6.02. The standard InChI is InChI=1S/C31H21NO/c1-3-9-21(10-4-1)23-17-18-27-29(20-23)33-31-26-16-8-12-22-11-7-13-24(30(22)26)19-28(31)32(27)25-14-5-2-6-15-25/h1-15,17-20H,16H2. The summed E-state index contributed by atoms with van der Waals surface area (Å²) in [7, 11) is 0. The molecule has 0 aromatic heterocycles. The molecule has 1 aliphatic carbocycles. The molecular weight excluding hydrogens is 402 g/mol. The number of fused-ring (bicyclic) bond motifs is 3. The lowest BCUT2D eigenvalue weighted by molar-refractivity contribution is 0.473. The quantitative estimate of drug-likeness (QED) is 0.276. The zero-order chi connectivity index (χ0) is 21.8. The lowest BCUT2D eigenvalue weighted by atomic mass is 9.90. The number of para-hydroxylation sites is 1. The van der Waals surface area contributed by atoms with Crippen LogP contribution in [-0.2, 0) is 6.42 Å². The van der Waals surface area contributed by atoms with Gasteiger partial charge >= 0.3 is 0 Å². The topological polar surface area (TPSA) is 12.5 Å². The van der Waals surface area contributed by atoms with E-state index in [4.69, 9.17) is 4.74 Å². The lowest BCUT2D eigenvalue weighted by Crippen LogP contribution is -2.17. The van der Waals surface area contributed by atoms with Crippen molar-refractivity contribution >= 4 is 33.9 Å². The van der Waals surface area contributed by atoms with Gasteiger partial charge in [0.05, 0.1) is 11.4 Å². The van der Waals surface area contributed by atoms with E-state index in [9.17, 15) is 0 Å². The van der Waals surface area contributed by atoms with Gasteiger partial charge in [0.1, 0.15) is 0 Å². The minimum atomic E-state index is 0.868. The summed E-state index contributed by atoms with van der Waals surface area (Å²) in [6, 6.07) is 36.4. The van der Waals surface area contributed by atoms with E-state index in [1.807, 2.05) is 6.07 Å². The molecule has 2 nitrogen and oxygen atoms in total. The van der Waals surface area contributed by atoms with Crippen molar-refractivity contribution in [3.63, 3.8) is 0 Å². The van der Waals surface area contributed by atoms with E-state index < -0.39 is 0 Å². The fraction of sp³-hybridized carbons (Fsp3) is 0.0323. The molecule has 0 radical (unpaired) electrons. The molecule has 5 aromatic carbocycles. The van der Waals surface area contributed by atoms with Crippen LogP contribution in [0.1, 0.15) is 11.1 Å². The summed E-state index contributed by atoms with van der Waals surface area (Å²) >= 11 is 0. The summed E-state index contributed by atoms with van der Waals surface area (Å²) in [5.41, 5.74) is 8.14. The summed E-state index contributed by atoms with van der Waals surface area (Å²) < 4.78 is 6.73. The van der Waals surface area contributed by atoms with Crippen LogP contribution in [0.5, 0.6) is 11.5 Å². The van der Waals surface area contributed by atoms with Gasteiger partial charge in [-0.3, -0.25) is 0 Å². The first-order valence-corrected chi connectivity index (χ1v) is 11.3. The summed E-state index contributed by atoms with van der Waals surface area (Å²) in [6.07, 6.45) is 5.33. The molecule has 0 saturated carbocycles. The second-order valence-electron chi connectivity index (χ2n) is 8.58. The number of hydrogen-bond donors (Lipinski definition) is 0. The summed E-state index contributed by atoms with van der Waals surface area (Å²) in [5.74, 6) is 1.84. The van der Waals surface area contributed by atoms with E-state index in [1.54, 1.807) is 0 Å². The Balaban J connectivity index is 1.50. The number of anilines is 3. The Kier molecular flexibility index (Phi) is 3.94. The molecule has 0 atom stereocenters. The summed E-state index contributed by atoms with van der Waals surface area (Å²) in [6.45, 7) is 0. The third kappa shape index (κ3) is 2.81. The van der Waals surface area contributed by atoms with Crippen LogP contribution in [0.4, 0.5) is 17.1 Å². The molecule has 0 bridgehead atoms. The highest BCUT2D eigenvalue weighted by atomic mass is 16.5. The number of rotatable bonds is 2. The van der Waals surface area contributed by atoms with Crippen molar-refractivity contribution in [2.75, 3.05) is 4.90 Å². The van der Waals surface area contributed by atoms with Crippen molar-refractivity contribution < 1.29 is 4.74 Å². The molecule has 0 N–H and O–H groups in total. The third-order valence-corrected chi connectivity index (χ3v) is 6.62. The highest BCUT2D eigenvalue weighted by Gasteiger charge is 2.30. The Morgan fingerprint density at radius 1 is 0.667 bits per heavy atom. The van der Waals surface area contributed by atoms with Crippen LogP contribution in [-0.4, -0.2) is 0 Å². The van der Waals surface area contributed by atoms with Gasteiger partial charge < -0.3 is 9.64 Å². The number of ether oxygens (including phenoxy) is 1. The fourth-order valence-corrected chi connectivity index (χ4v) is 5.14. The largest absolute Gasteiger partial charge is 0.453 e. The molecule has 2 aliphatic rings. The van der Waals surface area contributed by atoms with Gasteiger partial charge in [-0.15, -0.1) is 0 Å². The Morgan fingerprint density at radius 2 is 1.48 bits per heavy atom. The van der Waals surface area contributed by atoms with E-state index in [0.29, 0.717) is 0 Å². The SMILES string of the molecule is C1=Cc2cccc3cc4c(c(c23)C1)Oc1cc(-c2ccccc2)ccc1N4c1ccccc1. The van der Waals surface area contributed by atoms with Gasteiger partial charge in [-0.05, 0) is 64.2 Å². The van der Waals surface area contributed by atoms with Crippen molar-refractivity contribution in [1.29, 1.82) is 0 Å².